The Balaban J connectivity index is 1.96. The number of amides is 1. The van der Waals surface area contributed by atoms with Gasteiger partial charge >= 0.3 is 0 Å². The summed E-state index contributed by atoms with van der Waals surface area (Å²) in [6.07, 6.45) is 1.45. The number of hydrogen-bond donors (Lipinski definition) is 1. The van der Waals surface area contributed by atoms with Crippen LogP contribution in [-0.4, -0.2) is 30.2 Å². The number of anilines is 1. The standard InChI is InChI=1S/C20H22N6O4/c1-4-6-15-11-19(28)24(20(22-15)25-14(3)9-13(2)23-25)12-18(27)21-16-7-5-8-17(10-16)26(29)30/h5,7-11H,4,6,12H2,1-3H3,(H,21,27). The molecule has 0 aliphatic carbocycles. The number of carbonyl (C=O) groups excluding carboxylic acids is 1. The van der Waals surface area contributed by atoms with E-state index >= 15 is 0 Å². The zero-order valence-electron chi connectivity index (χ0n) is 17.0. The first-order valence-corrected chi connectivity index (χ1v) is 9.47. The molecular weight excluding hydrogens is 388 g/mol. The van der Waals surface area contributed by atoms with E-state index in [2.05, 4.69) is 15.4 Å². The second-order valence-electron chi connectivity index (χ2n) is 6.92. The zero-order valence-corrected chi connectivity index (χ0v) is 17.0. The van der Waals surface area contributed by atoms with Crippen LogP contribution in [0.3, 0.4) is 0 Å². The highest BCUT2D eigenvalue weighted by molar-refractivity contribution is 5.91. The molecule has 0 radical (unpaired) electrons. The molecule has 1 amide bonds. The number of nitro benzene ring substituents is 1. The summed E-state index contributed by atoms with van der Waals surface area (Å²) in [4.78, 5) is 40.3. The van der Waals surface area contributed by atoms with Crippen molar-refractivity contribution in [3.8, 4) is 5.95 Å². The molecule has 30 heavy (non-hydrogen) atoms. The number of nitrogens with zero attached hydrogens (tertiary/aromatic N) is 5. The molecule has 0 unspecified atom stereocenters. The van der Waals surface area contributed by atoms with Crippen LogP contribution >= 0.6 is 0 Å². The minimum atomic E-state index is -0.544. The van der Waals surface area contributed by atoms with Gasteiger partial charge in [0.25, 0.3) is 11.2 Å². The lowest BCUT2D eigenvalue weighted by molar-refractivity contribution is -0.384. The Morgan fingerprint density at radius 2 is 2.00 bits per heavy atom. The highest BCUT2D eigenvalue weighted by atomic mass is 16.6. The average Bonchev–Trinajstić information content (AvgIpc) is 3.02. The quantitative estimate of drug-likeness (QED) is 0.471. The first-order valence-electron chi connectivity index (χ1n) is 9.47. The van der Waals surface area contributed by atoms with E-state index in [-0.39, 0.29) is 29.4 Å². The Morgan fingerprint density at radius 1 is 1.23 bits per heavy atom. The Kier molecular flexibility index (Phi) is 6.05. The second kappa shape index (κ2) is 8.68. The number of nitro groups is 1. The third kappa shape index (κ3) is 4.59. The molecule has 2 heterocycles. The maximum absolute atomic E-state index is 12.8. The predicted molar refractivity (Wildman–Crippen MR) is 111 cm³/mol. The molecule has 0 bridgehead atoms. The van der Waals surface area contributed by atoms with Crippen molar-refractivity contribution in [2.45, 2.75) is 40.2 Å². The van der Waals surface area contributed by atoms with E-state index in [1.807, 2.05) is 26.8 Å². The molecule has 0 fully saturated rings. The zero-order chi connectivity index (χ0) is 21.8. The van der Waals surface area contributed by atoms with E-state index in [1.54, 1.807) is 0 Å². The normalized spacial score (nSPS) is 10.8. The minimum Gasteiger partial charge on any atom is -0.324 e. The van der Waals surface area contributed by atoms with Crippen molar-refractivity contribution in [3.05, 3.63) is 73.9 Å². The van der Waals surface area contributed by atoms with Gasteiger partial charge in [0.1, 0.15) is 6.54 Å². The first kappa shape index (κ1) is 20.9. The van der Waals surface area contributed by atoms with Gasteiger partial charge in [0.2, 0.25) is 11.9 Å². The molecule has 0 saturated heterocycles. The number of rotatable bonds is 7. The smallest absolute Gasteiger partial charge is 0.271 e. The van der Waals surface area contributed by atoms with Crippen LogP contribution in [0.1, 0.15) is 30.4 Å². The highest BCUT2D eigenvalue weighted by Gasteiger charge is 2.17. The van der Waals surface area contributed by atoms with Crippen molar-refractivity contribution < 1.29 is 9.72 Å². The summed E-state index contributed by atoms with van der Waals surface area (Å²) in [5, 5.41) is 17.9. The Morgan fingerprint density at radius 3 is 2.63 bits per heavy atom. The topological polar surface area (TPSA) is 125 Å². The van der Waals surface area contributed by atoms with Crippen LogP contribution in [0.4, 0.5) is 11.4 Å². The van der Waals surface area contributed by atoms with Crippen LogP contribution < -0.4 is 10.9 Å². The SMILES string of the molecule is CCCc1cc(=O)n(CC(=O)Nc2cccc([N+](=O)[O-])c2)c(-n2nc(C)cc2C)n1. The Hall–Kier alpha value is -3.82. The van der Waals surface area contributed by atoms with E-state index in [0.29, 0.717) is 12.1 Å². The maximum Gasteiger partial charge on any atom is 0.271 e. The molecule has 3 rings (SSSR count). The van der Waals surface area contributed by atoms with Gasteiger partial charge < -0.3 is 5.32 Å². The molecule has 0 atom stereocenters. The lowest BCUT2D eigenvalue weighted by Gasteiger charge is -2.14. The third-order valence-corrected chi connectivity index (χ3v) is 4.39. The van der Waals surface area contributed by atoms with Crippen molar-refractivity contribution in [2.24, 2.45) is 0 Å². The van der Waals surface area contributed by atoms with E-state index in [9.17, 15) is 19.7 Å². The van der Waals surface area contributed by atoms with Crippen LogP contribution in [0.25, 0.3) is 5.95 Å². The number of aromatic nitrogens is 4. The Labute approximate surface area is 172 Å². The molecule has 10 nitrogen and oxygen atoms in total. The lowest BCUT2D eigenvalue weighted by atomic mass is 10.2. The summed E-state index contributed by atoms with van der Waals surface area (Å²) in [7, 11) is 0. The number of aryl methyl sites for hydroxylation is 3. The van der Waals surface area contributed by atoms with Gasteiger partial charge in [0, 0.05) is 35.3 Å². The molecule has 0 saturated carbocycles. The summed E-state index contributed by atoms with van der Waals surface area (Å²) in [5.74, 6) is -0.254. The van der Waals surface area contributed by atoms with Crippen molar-refractivity contribution in [3.63, 3.8) is 0 Å². The van der Waals surface area contributed by atoms with Gasteiger partial charge in [-0.15, -0.1) is 0 Å². The number of benzene rings is 1. The van der Waals surface area contributed by atoms with Crippen LogP contribution in [-0.2, 0) is 17.8 Å². The molecule has 3 aromatic rings. The molecule has 0 aliphatic rings. The van der Waals surface area contributed by atoms with Crippen molar-refractivity contribution in [1.29, 1.82) is 0 Å². The summed E-state index contributed by atoms with van der Waals surface area (Å²) in [5.41, 5.74) is 1.92. The fraction of sp³-hybridized carbons (Fsp3) is 0.300. The fourth-order valence-corrected chi connectivity index (χ4v) is 3.11. The number of hydrogen-bond acceptors (Lipinski definition) is 6. The van der Waals surface area contributed by atoms with Gasteiger partial charge in [-0.1, -0.05) is 19.4 Å². The van der Waals surface area contributed by atoms with Gasteiger partial charge in [0.05, 0.1) is 10.6 Å². The van der Waals surface area contributed by atoms with Crippen LogP contribution in [0.2, 0.25) is 0 Å². The van der Waals surface area contributed by atoms with Crippen LogP contribution in [0, 0.1) is 24.0 Å². The molecule has 1 aromatic carbocycles. The second-order valence-corrected chi connectivity index (χ2v) is 6.92. The predicted octanol–water partition coefficient (Wildman–Crippen LogP) is 2.55. The van der Waals surface area contributed by atoms with E-state index in [0.717, 1.165) is 17.8 Å². The molecule has 1 N–H and O–H groups in total. The van der Waals surface area contributed by atoms with E-state index in [1.165, 1.54) is 39.6 Å². The highest BCUT2D eigenvalue weighted by Crippen LogP contribution is 2.17. The molecule has 156 valence electrons. The summed E-state index contributed by atoms with van der Waals surface area (Å²) in [6, 6.07) is 8.87. The largest absolute Gasteiger partial charge is 0.324 e. The van der Waals surface area contributed by atoms with Gasteiger partial charge in [0.15, 0.2) is 0 Å². The number of non-ortho nitro benzene ring substituents is 1. The third-order valence-electron chi connectivity index (χ3n) is 4.39. The van der Waals surface area contributed by atoms with Crippen LogP contribution in [0.15, 0.2) is 41.2 Å². The van der Waals surface area contributed by atoms with Gasteiger partial charge in [-0.2, -0.15) is 5.10 Å². The molecule has 2 aromatic heterocycles. The molecule has 10 heteroatoms. The van der Waals surface area contributed by atoms with Crippen molar-refractivity contribution in [2.75, 3.05) is 5.32 Å². The van der Waals surface area contributed by atoms with E-state index < -0.39 is 10.8 Å². The lowest BCUT2D eigenvalue weighted by Crippen LogP contribution is -2.32. The summed E-state index contributed by atoms with van der Waals surface area (Å²) >= 11 is 0. The maximum atomic E-state index is 12.8. The van der Waals surface area contributed by atoms with Crippen LogP contribution in [0.5, 0.6) is 0 Å². The summed E-state index contributed by atoms with van der Waals surface area (Å²) < 4.78 is 2.78. The van der Waals surface area contributed by atoms with Crippen molar-refractivity contribution >= 4 is 17.3 Å². The van der Waals surface area contributed by atoms with Crippen molar-refractivity contribution in [1.82, 2.24) is 19.3 Å². The Bertz CT molecular complexity index is 1160. The molecular formula is C20H22N6O4. The van der Waals surface area contributed by atoms with E-state index in [4.69, 9.17) is 0 Å². The van der Waals surface area contributed by atoms with Gasteiger partial charge in [-0.3, -0.25) is 24.3 Å². The molecule has 0 aliphatic heterocycles. The first-order chi connectivity index (χ1) is 14.3. The average molecular weight is 410 g/mol. The fourth-order valence-electron chi connectivity index (χ4n) is 3.11. The van der Waals surface area contributed by atoms with Gasteiger partial charge in [-0.05, 0) is 32.4 Å². The molecule has 0 spiro atoms. The van der Waals surface area contributed by atoms with Gasteiger partial charge in [-0.25, -0.2) is 9.67 Å². The number of nitrogens with one attached hydrogen (secondary N) is 1. The minimum absolute atomic E-state index is 0.140. The number of carbonyl (C=O) groups is 1. The summed E-state index contributed by atoms with van der Waals surface area (Å²) in [6.45, 7) is 5.35. The monoisotopic (exact) mass is 410 g/mol.